The van der Waals surface area contributed by atoms with E-state index in [4.69, 9.17) is 5.73 Å². The standard InChI is InChI=1S/C17H16F6N6/c18-10-6-12(20)11(19)4-8(10)3-9(24)5-14-26-27-16-15-25-13(17(21,22)23)7-28(15)1-2-29(14)16/h4,6,9,13H,1-3,5,7,24H2/t9-,13?/m1/s1. The average molecular weight is 418 g/mol. The SMILES string of the molecule is N[C@H](Cc1cc(F)c(F)cc1F)Cc1nnc2n1CCN1CC(C(F)(F)F)N=C21. The first-order chi connectivity index (χ1) is 13.6. The van der Waals surface area contributed by atoms with E-state index in [-0.39, 0.29) is 36.6 Å². The maximum atomic E-state index is 13.8. The number of rotatable bonds is 4. The van der Waals surface area contributed by atoms with Gasteiger partial charge in [-0.15, -0.1) is 10.2 Å². The predicted molar refractivity (Wildman–Crippen MR) is 89.7 cm³/mol. The lowest BCUT2D eigenvalue weighted by Crippen LogP contribution is -2.41. The molecule has 0 bridgehead atoms. The van der Waals surface area contributed by atoms with Crippen LogP contribution in [0.3, 0.4) is 0 Å². The summed E-state index contributed by atoms with van der Waals surface area (Å²) in [6.07, 6.45) is -4.38. The molecule has 4 rings (SSSR count). The molecule has 0 saturated heterocycles. The van der Waals surface area contributed by atoms with Crippen molar-refractivity contribution in [2.45, 2.75) is 37.6 Å². The highest BCUT2D eigenvalue weighted by atomic mass is 19.4. The Hall–Kier alpha value is -2.63. The third-order valence-electron chi connectivity index (χ3n) is 4.99. The molecule has 0 fully saturated rings. The van der Waals surface area contributed by atoms with E-state index in [0.29, 0.717) is 25.0 Å². The van der Waals surface area contributed by atoms with Crippen molar-refractivity contribution in [3.63, 3.8) is 0 Å². The Balaban J connectivity index is 1.52. The number of amidine groups is 1. The second kappa shape index (κ2) is 7.01. The first-order valence-electron chi connectivity index (χ1n) is 8.84. The van der Waals surface area contributed by atoms with E-state index in [9.17, 15) is 26.3 Å². The van der Waals surface area contributed by atoms with Gasteiger partial charge in [-0.05, 0) is 18.1 Å². The van der Waals surface area contributed by atoms with Crippen molar-refractivity contribution >= 4 is 5.84 Å². The van der Waals surface area contributed by atoms with E-state index in [1.54, 1.807) is 4.57 Å². The molecule has 0 amide bonds. The molecule has 12 heteroatoms. The minimum atomic E-state index is -4.44. The average Bonchev–Trinajstić information content (AvgIpc) is 3.23. The fourth-order valence-corrected chi connectivity index (χ4v) is 3.56. The molecule has 0 saturated carbocycles. The molecule has 2 aliphatic rings. The summed E-state index contributed by atoms with van der Waals surface area (Å²) in [6.45, 7) is 0.417. The molecule has 0 radical (unpaired) electrons. The van der Waals surface area contributed by atoms with Gasteiger partial charge in [-0.1, -0.05) is 0 Å². The van der Waals surface area contributed by atoms with E-state index in [0.717, 1.165) is 6.07 Å². The summed E-state index contributed by atoms with van der Waals surface area (Å²) in [5.74, 6) is -2.59. The summed E-state index contributed by atoms with van der Waals surface area (Å²) in [4.78, 5) is 5.27. The van der Waals surface area contributed by atoms with Crippen molar-refractivity contribution in [1.29, 1.82) is 0 Å². The quantitative estimate of drug-likeness (QED) is 0.608. The van der Waals surface area contributed by atoms with Crippen LogP contribution < -0.4 is 5.73 Å². The minimum absolute atomic E-state index is 0.0749. The number of fused-ring (bicyclic) bond motifs is 3. The van der Waals surface area contributed by atoms with Crippen LogP contribution in [0, 0.1) is 17.5 Å². The Bertz CT molecular complexity index is 968. The van der Waals surface area contributed by atoms with Crippen molar-refractivity contribution in [3.8, 4) is 0 Å². The van der Waals surface area contributed by atoms with E-state index in [2.05, 4.69) is 15.2 Å². The number of alkyl halides is 3. The van der Waals surface area contributed by atoms with E-state index >= 15 is 0 Å². The number of nitrogens with two attached hydrogens (primary N) is 1. The van der Waals surface area contributed by atoms with E-state index < -0.39 is 35.7 Å². The number of hydrogen-bond acceptors (Lipinski definition) is 5. The van der Waals surface area contributed by atoms with Crippen LogP contribution in [0.15, 0.2) is 17.1 Å². The van der Waals surface area contributed by atoms with E-state index in [1.807, 2.05) is 0 Å². The fourth-order valence-electron chi connectivity index (χ4n) is 3.56. The normalized spacial score (nSPS) is 19.8. The molecule has 6 nitrogen and oxygen atoms in total. The molecule has 2 N–H and O–H groups in total. The summed E-state index contributed by atoms with van der Waals surface area (Å²) in [6, 6.07) is -1.27. The third-order valence-corrected chi connectivity index (χ3v) is 4.99. The molecule has 1 aromatic heterocycles. The van der Waals surface area contributed by atoms with Crippen LogP contribution in [-0.2, 0) is 19.4 Å². The van der Waals surface area contributed by atoms with Gasteiger partial charge in [0.1, 0.15) is 11.6 Å². The zero-order valence-electron chi connectivity index (χ0n) is 14.9. The third kappa shape index (κ3) is 3.68. The summed E-state index contributed by atoms with van der Waals surface area (Å²) >= 11 is 0. The number of aliphatic imine (C=N–C) groups is 1. The number of hydrogen-bond donors (Lipinski definition) is 1. The number of halogens is 6. The molecule has 1 aromatic carbocycles. The van der Waals surface area contributed by atoms with Gasteiger partial charge in [0.25, 0.3) is 0 Å². The second-order valence-corrected chi connectivity index (χ2v) is 7.07. The first-order valence-corrected chi connectivity index (χ1v) is 8.84. The van der Waals surface area contributed by atoms with Crippen molar-refractivity contribution in [2.24, 2.45) is 10.7 Å². The van der Waals surface area contributed by atoms with E-state index in [1.165, 1.54) is 4.90 Å². The van der Waals surface area contributed by atoms with Crippen molar-refractivity contribution in [2.75, 3.05) is 13.1 Å². The molecule has 3 heterocycles. The molecule has 2 atom stereocenters. The van der Waals surface area contributed by atoms with Crippen LogP contribution in [0.2, 0.25) is 0 Å². The Morgan fingerprint density at radius 2 is 1.76 bits per heavy atom. The Morgan fingerprint density at radius 3 is 2.48 bits per heavy atom. The molecule has 0 spiro atoms. The van der Waals surface area contributed by atoms with Gasteiger partial charge in [-0.25, -0.2) is 13.2 Å². The van der Waals surface area contributed by atoms with Crippen LogP contribution >= 0.6 is 0 Å². The smallest absolute Gasteiger partial charge is 0.349 e. The van der Waals surface area contributed by atoms with Crippen LogP contribution in [-0.4, -0.2) is 56.8 Å². The largest absolute Gasteiger partial charge is 0.412 e. The topological polar surface area (TPSA) is 72.3 Å². The number of aromatic nitrogens is 3. The molecule has 29 heavy (non-hydrogen) atoms. The predicted octanol–water partition coefficient (Wildman–Crippen LogP) is 1.81. The summed E-state index contributed by atoms with van der Waals surface area (Å²) in [5, 5.41) is 7.95. The molecule has 0 aliphatic carbocycles. The van der Waals surface area contributed by atoms with Crippen LogP contribution in [0.4, 0.5) is 26.3 Å². The van der Waals surface area contributed by atoms with Gasteiger partial charge in [-0.3, -0.25) is 4.99 Å². The summed E-state index contributed by atoms with van der Waals surface area (Å²) in [7, 11) is 0. The van der Waals surface area contributed by atoms with Gasteiger partial charge in [0, 0.05) is 31.6 Å². The molecular weight excluding hydrogens is 402 g/mol. The van der Waals surface area contributed by atoms with Gasteiger partial charge in [0.2, 0.25) is 0 Å². The van der Waals surface area contributed by atoms with Crippen molar-refractivity contribution in [1.82, 2.24) is 19.7 Å². The highest BCUT2D eigenvalue weighted by molar-refractivity contribution is 5.97. The first kappa shape index (κ1) is 19.7. The second-order valence-electron chi connectivity index (χ2n) is 7.07. The van der Waals surface area contributed by atoms with Gasteiger partial charge < -0.3 is 15.2 Å². The minimum Gasteiger partial charge on any atom is -0.349 e. The number of nitrogens with zero attached hydrogens (tertiary/aromatic N) is 5. The zero-order chi connectivity index (χ0) is 20.9. The Kier molecular flexibility index (Phi) is 4.75. The number of benzene rings is 1. The lowest BCUT2D eigenvalue weighted by molar-refractivity contribution is -0.146. The summed E-state index contributed by atoms with van der Waals surface area (Å²) < 4.78 is 80.8. The molecule has 2 aliphatic heterocycles. The van der Waals surface area contributed by atoms with Crippen LogP contribution in [0.25, 0.3) is 0 Å². The molecule has 2 aromatic rings. The van der Waals surface area contributed by atoms with Crippen molar-refractivity contribution in [3.05, 3.63) is 46.8 Å². The highest BCUT2D eigenvalue weighted by Gasteiger charge is 2.46. The zero-order valence-corrected chi connectivity index (χ0v) is 14.9. The lowest BCUT2D eigenvalue weighted by atomic mass is 10.0. The maximum Gasteiger partial charge on any atom is 0.412 e. The molecule has 1 unspecified atom stereocenters. The van der Waals surface area contributed by atoms with Gasteiger partial charge in [0.05, 0.1) is 6.54 Å². The monoisotopic (exact) mass is 418 g/mol. The maximum absolute atomic E-state index is 13.8. The highest BCUT2D eigenvalue weighted by Crippen LogP contribution is 2.30. The van der Waals surface area contributed by atoms with Gasteiger partial charge >= 0.3 is 6.18 Å². The van der Waals surface area contributed by atoms with Gasteiger partial charge in [0.15, 0.2) is 29.3 Å². The van der Waals surface area contributed by atoms with Gasteiger partial charge in [-0.2, -0.15) is 13.2 Å². The molecule has 156 valence electrons. The Labute approximate surface area is 161 Å². The van der Waals surface area contributed by atoms with Crippen LogP contribution in [0.1, 0.15) is 17.2 Å². The molecular formula is C17H16F6N6. The van der Waals surface area contributed by atoms with Crippen molar-refractivity contribution < 1.29 is 26.3 Å². The summed E-state index contributed by atoms with van der Waals surface area (Å²) in [5.41, 5.74) is 5.94. The Morgan fingerprint density at radius 1 is 1.03 bits per heavy atom. The van der Waals surface area contributed by atoms with Crippen LogP contribution in [0.5, 0.6) is 0 Å². The fraction of sp³-hybridized carbons (Fsp3) is 0.471. The lowest BCUT2D eigenvalue weighted by Gasteiger charge is -2.27.